The molecule has 0 saturated carbocycles. The van der Waals surface area contributed by atoms with Crippen LogP contribution in [0, 0.1) is 5.82 Å². The van der Waals surface area contributed by atoms with E-state index in [9.17, 15) is 9.18 Å². The third kappa shape index (κ3) is 4.76. The number of likely N-dealkylation sites (N-methyl/N-ethyl adjacent to an activating group) is 1. The molecule has 7 heteroatoms. The first-order valence-corrected chi connectivity index (χ1v) is 12.3. The van der Waals surface area contributed by atoms with Crippen LogP contribution < -0.4 is 5.32 Å². The highest BCUT2D eigenvalue weighted by molar-refractivity contribution is 5.94. The third-order valence-corrected chi connectivity index (χ3v) is 7.02. The maximum Gasteiger partial charge on any atom is 0.272 e. The summed E-state index contributed by atoms with van der Waals surface area (Å²) in [5, 5.41) is 7.53. The second-order valence-corrected chi connectivity index (χ2v) is 9.20. The van der Waals surface area contributed by atoms with Crippen molar-refractivity contribution in [3.05, 3.63) is 82.4 Å². The van der Waals surface area contributed by atoms with E-state index in [2.05, 4.69) is 51.4 Å². The molecule has 1 amide bonds. The van der Waals surface area contributed by atoms with Crippen molar-refractivity contribution in [1.29, 1.82) is 0 Å². The number of carbonyl (C=O) groups is 1. The average Bonchev–Trinajstić information content (AvgIpc) is 3.48. The normalized spacial score (nSPS) is 16.5. The van der Waals surface area contributed by atoms with Crippen LogP contribution in [0.15, 0.2) is 48.5 Å². The van der Waals surface area contributed by atoms with E-state index in [-0.39, 0.29) is 11.7 Å². The molecule has 5 rings (SSSR count). The summed E-state index contributed by atoms with van der Waals surface area (Å²) in [5.74, 6) is -0.537. The van der Waals surface area contributed by atoms with Crippen LogP contribution in [0.5, 0.6) is 0 Å². The molecule has 178 valence electrons. The molecule has 0 bridgehead atoms. The summed E-state index contributed by atoms with van der Waals surface area (Å²) in [6.07, 6.45) is 2.56. The standard InChI is InChI=1S/C27H32FN5O/c1-2-31-14-16-32(17-15-31)19-21-12-10-20(11-13-21)18-29-27(34)26-22-6-5-9-24(22)33(30-26)25-8-4-3-7-23(25)28/h3-4,7-8,10-13H,2,5-6,9,14-19H2,1H3,(H,29,34). The summed E-state index contributed by atoms with van der Waals surface area (Å²) < 4.78 is 16.0. The van der Waals surface area contributed by atoms with Crippen LogP contribution in [-0.2, 0) is 25.9 Å². The van der Waals surface area contributed by atoms with Gasteiger partial charge in [-0.25, -0.2) is 9.07 Å². The topological polar surface area (TPSA) is 53.4 Å². The number of benzene rings is 2. The molecular formula is C27H32FN5O. The second kappa shape index (κ2) is 10.1. The zero-order valence-corrected chi connectivity index (χ0v) is 19.8. The first-order chi connectivity index (χ1) is 16.6. The minimum atomic E-state index is -0.334. The average molecular weight is 462 g/mol. The molecule has 0 atom stereocenters. The molecule has 1 saturated heterocycles. The van der Waals surface area contributed by atoms with Gasteiger partial charge in [0.1, 0.15) is 11.5 Å². The van der Waals surface area contributed by atoms with Gasteiger partial charge < -0.3 is 10.2 Å². The molecule has 1 aliphatic carbocycles. The SMILES string of the molecule is CCN1CCN(Cc2ccc(CNC(=O)c3nn(-c4ccccc4F)c4c3CCC4)cc2)CC1. The Bertz CT molecular complexity index is 1150. The van der Waals surface area contributed by atoms with Crippen molar-refractivity contribution in [2.24, 2.45) is 0 Å². The van der Waals surface area contributed by atoms with Crippen molar-refractivity contribution < 1.29 is 9.18 Å². The van der Waals surface area contributed by atoms with Crippen LogP contribution in [0.25, 0.3) is 5.69 Å². The van der Waals surface area contributed by atoms with Crippen molar-refractivity contribution >= 4 is 5.91 Å². The van der Waals surface area contributed by atoms with Gasteiger partial charge in [0.25, 0.3) is 5.91 Å². The monoisotopic (exact) mass is 461 g/mol. The number of amides is 1. The molecule has 0 radical (unpaired) electrons. The Morgan fingerprint density at radius 1 is 0.971 bits per heavy atom. The summed E-state index contributed by atoms with van der Waals surface area (Å²) in [6, 6.07) is 15.0. The van der Waals surface area contributed by atoms with Crippen LogP contribution in [-0.4, -0.2) is 58.2 Å². The van der Waals surface area contributed by atoms with Gasteiger partial charge in [-0.15, -0.1) is 0 Å². The van der Waals surface area contributed by atoms with Crippen LogP contribution in [0.3, 0.4) is 0 Å². The Kier molecular flexibility index (Phi) is 6.74. The maximum atomic E-state index is 14.4. The van der Waals surface area contributed by atoms with Gasteiger partial charge in [0.2, 0.25) is 0 Å². The summed E-state index contributed by atoms with van der Waals surface area (Å²) in [7, 11) is 0. The molecule has 0 spiro atoms. The van der Waals surface area contributed by atoms with Gasteiger partial charge in [-0.2, -0.15) is 5.10 Å². The highest BCUT2D eigenvalue weighted by Crippen LogP contribution is 2.28. The number of halogens is 1. The Morgan fingerprint density at radius 2 is 1.68 bits per heavy atom. The Hall–Kier alpha value is -3.03. The van der Waals surface area contributed by atoms with Gasteiger partial charge in [0.15, 0.2) is 5.69 Å². The number of rotatable bonds is 7. The minimum absolute atomic E-state index is 0.203. The number of para-hydroxylation sites is 1. The number of nitrogens with one attached hydrogen (secondary N) is 1. The minimum Gasteiger partial charge on any atom is -0.347 e. The molecule has 2 aromatic carbocycles. The first-order valence-electron chi connectivity index (χ1n) is 12.3. The van der Waals surface area contributed by atoms with Crippen LogP contribution in [0.1, 0.15) is 46.2 Å². The lowest BCUT2D eigenvalue weighted by atomic mass is 10.1. The summed E-state index contributed by atoms with van der Waals surface area (Å²) in [5.41, 5.74) is 5.04. The van der Waals surface area contributed by atoms with Gasteiger partial charge in [-0.1, -0.05) is 43.3 Å². The highest BCUT2D eigenvalue weighted by atomic mass is 19.1. The fourth-order valence-corrected chi connectivity index (χ4v) is 4.99. The number of hydrogen-bond acceptors (Lipinski definition) is 4. The van der Waals surface area contributed by atoms with Crippen LogP contribution >= 0.6 is 0 Å². The van der Waals surface area contributed by atoms with Crippen molar-refractivity contribution in [1.82, 2.24) is 24.9 Å². The van der Waals surface area contributed by atoms with Crippen molar-refractivity contribution in [3.63, 3.8) is 0 Å². The molecule has 34 heavy (non-hydrogen) atoms. The van der Waals surface area contributed by atoms with Gasteiger partial charge in [-0.3, -0.25) is 9.69 Å². The van der Waals surface area contributed by atoms with E-state index in [1.165, 1.54) is 11.6 Å². The highest BCUT2D eigenvalue weighted by Gasteiger charge is 2.27. The van der Waals surface area contributed by atoms with Gasteiger partial charge in [0, 0.05) is 50.5 Å². The number of aromatic nitrogens is 2. The molecule has 2 aliphatic rings. The number of piperazine rings is 1. The molecule has 1 N–H and O–H groups in total. The number of fused-ring (bicyclic) bond motifs is 1. The second-order valence-electron chi connectivity index (χ2n) is 9.20. The first kappa shape index (κ1) is 22.7. The Labute approximate surface area is 200 Å². The van der Waals surface area contributed by atoms with Crippen LogP contribution in [0.4, 0.5) is 4.39 Å². The molecular weight excluding hydrogens is 429 g/mol. The molecule has 0 unspecified atom stereocenters. The summed E-state index contributed by atoms with van der Waals surface area (Å²) in [6.45, 7) is 9.23. The Morgan fingerprint density at radius 3 is 2.41 bits per heavy atom. The lowest BCUT2D eigenvalue weighted by molar-refractivity contribution is 0.0944. The smallest absolute Gasteiger partial charge is 0.272 e. The fraction of sp³-hybridized carbons (Fsp3) is 0.407. The predicted octanol–water partition coefficient (Wildman–Crippen LogP) is 3.57. The van der Waals surface area contributed by atoms with E-state index >= 15 is 0 Å². The number of nitrogens with zero attached hydrogens (tertiary/aromatic N) is 4. The van der Waals surface area contributed by atoms with Gasteiger partial charge in [0.05, 0.1) is 0 Å². The van der Waals surface area contributed by atoms with Crippen LogP contribution in [0.2, 0.25) is 0 Å². The molecule has 3 aromatic rings. The summed E-state index contributed by atoms with van der Waals surface area (Å²) >= 11 is 0. The van der Waals surface area contributed by atoms with E-state index < -0.39 is 0 Å². The fourth-order valence-electron chi connectivity index (χ4n) is 4.99. The van der Waals surface area contributed by atoms with Crippen molar-refractivity contribution in [2.75, 3.05) is 32.7 Å². The number of hydrogen-bond donors (Lipinski definition) is 1. The Balaban J connectivity index is 1.21. The molecule has 1 fully saturated rings. The summed E-state index contributed by atoms with van der Waals surface area (Å²) in [4.78, 5) is 18.0. The van der Waals surface area contributed by atoms with Gasteiger partial charge in [-0.05, 0) is 49.1 Å². The molecule has 2 heterocycles. The quantitative estimate of drug-likeness (QED) is 0.585. The zero-order chi connectivity index (χ0) is 23.5. The van der Waals surface area contributed by atoms with E-state index in [0.717, 1.165) is 75.4 Å². The third-order valence-electron chi connectivity index (χ3n) is 7.02. The number of carbonyl (C=O) groups excluding carboxylic acids is 1. The van der Waals surface area contributed by atoms with Crippen molar-refractivity contribution in [3.8, 4) is 5.69 Å². The van der Waals surface area contributed by atoms with E-state index in [0.29, 0.717) is 17.9 Å². The van der Waals surface area contributed by atoms with E-state index in [4.69, 9.17) is 0 Å². The zero-order valence-electron chi connectivity index (χ0n) is 19.8. The maximum absolute atomic E-state index is 14.4. The van der Waals surface area contributed by atoms with E-state index in [1.807, 2.05) is 0 Å². The van der Waals surface area contributed by atoms with Crippen molar-refractivity contribution in [2.45, 2.75) is 39.3 Å². The largest absolute Gasteiger partial charge is 0.347 e. The predicted molar refractivity (Wildman–Crippen MR) is 131 cm³/mol. The molecule has 1 aliphatic heterocycles. The molecule has 1 aromatic heterocycles. The van der Waals surface area contributed by atoms with Gasteiger partial charge >= 0.3 is 0 Å². The lowest BCUT2D eigenvalue weighted by Gasteiger charge is -2.34. The lowest BCUT2D eigenvalue weighted by Crippen LogP contribution is -2.45. The van der Waals surface area contributed by atoms with E-state index in [1.54, 1.807) is 22.9 Å². The molecule has 6 nitrogen and oxygen atoms in total.